The molecule has 206 valence electrons. The van der Waals surface area contributed by atoms with Gasteiger partial charge in [0.1, 0.15) is 19.3 Å². The van der Waals surface area contributed by atoms with E-state index in [2.05, 4.69) is 0 Å². The second-order valence-corrected chi connectivity index (χ2v) is 10.5. The lowest BCUT2D eigenvalue weighted by Gasteiger charge is -2.31. The Labute approximate surface area is 234 Å². The van der Waals surface area contributed by atoms with Crippen LogP contribution < -0.4 is 0 Å². The molecule has 0 unspecified atom stereocenters. The van der Waals surface area contributed by atoms with Gasteiger partial charge in [0, 0.05) is 39.0 Å². The molecule has 0 bridgehead atoms. The molecule has 2 heterocycles. The van der Waals surface area contributed by atoms with Crippen LogP contribution in [0.4, 0.5) is 9.59 Å². The number of ether oxygens (including phenoxy) is 3. The molecule has 2 aliphatic rings. The van der Waals surface area contributed by atoms with E-state index in [1.807, 2.05) is 66.9 Å². The number of thioether (sulfide) groups is 1. The second-order valence-electron chi connectivity index (χ2n) is 9.06. The van der Waals surface area contributed by atoms with Crippen molar-refractivity contribution in [2.75, 3.05) is 32.4 Å². The summed E-state index contributed by atoms with van der Waals surface area (Å²) in [6.07, 6.45) is 4.06. The smallest absolute Gasteiger partial charge is 0.410 e. The number of aliphatic hydroxyl groups is 1. The summed E-state index contributed by atoms with van der Waals surface area (Å²) in [7, 11) is 0. The molecule has 2 fully saturated rings. The van der Waals surface area contributed by atoms with E-state index in [0.717, 1.165) is 24.0 Å². The number of thiocarbonyl (C=S) groups is 1. The van der Waals surface area contributed by atoms with Gasteiger partial charge in [-0.15, -0.1) is 0 Å². The Balaban J connectivity index is 0.000000215. The van der Waals surface area contributed by atoms with Crippen molar-refractivity contribution in [1.29, 1.82) is 0 Å². The van der Waals surface area contributed by atoms with Crippen molar-refractivity contribution in [3.8, 4) is 0 Å². The molecule has 2 aliphatic heterocycles. The number of carbonyl (C=O) groups excluding carboxylic acids is 2. The molecule has 2 aromatic rings. The first kappa shape index (κ1) is 29.7. The molecule has 2 aromatic carbocycles. The summed E-state index contributed by atoms with van der Waals surface area (Å²) in [5.74, 6) is 0. The number of benzene rings is 2. The highest BCUT2D eigenvalue weighted by Gasteiger charge is 2.25. The molecule has 8 nitrogen and oxygen atoms in total. The van der Waals surface area contributed by atoms with Crippen LogP contribution in [0.3, 0.4) is 0 Å². The Morgan fingerprint density at radius 1 is 0.816 bits per heavy atom. The number of hydrogen-bond donors (Lipinski definition) is 1. The van der Waals surface area contributed by atoms with Crippen molar-refractivity contribution in [2.45, 2.75) is 51.1 Å². The van der Waals surface area contributed by atoms with Crippen molar-refractivity contribution < 1.29 is 28.9 Å². The average molecular weight is 561 g/mol. The van der Waals surface area contributed by atoms with Crippen molar-refractivity contribution in [3.63, 3.8) is 0 Å². The summed E-state index contributed by atoms with van der Waals surface area (Å²) in [4.78, 5) is 27.1. The van der Waals surface area contributed by atoms with Gasteiger partial charge in [-0.25, -0.2) is 9.59 Å². The van der Waals surface area contributed by atoms with Gasteiger partial charge >= 0.3 is 12.2 Å². The molecule has 0 aliphatic carbocycles. The average Bonchev–Trinajstić information content (AvgIpc) is 2.97. The molecule has 10 heteroatoms. The first-order valence-corrected chi connectivity index (χ1v) is 14.4. The van der Waals surface area contributed by atoms with Crippen molar-refractivity contribution in [1.82, 2.24) is 9.80 Å². The summed E-state index contributed by atoms with van der Waals surface area (Å²) < 4.78 is 16.7. The summed E-state index contributed by atoms with van der Waals surface area (Å²) >= 11 is 6.48. The Morgan fingerprint density at radius 3 is 1.66 bits per heavy atom. The summed E-state index contributed by atoms with van der Waals surface area (Å²) in [5, 5.41) is 9.34. The largest absolute Gasteiger partial charge is 0.475 e. The van der Waals surface area contributed by atoms with Crippen LogP contribution in [0.25, 0.3) is 0 Å². The van der Waals surface area contributed by atoms with Gasteiger partial charge in [-0.2, -0.15) is 0 Å². The van der Waals surface area contributed by atoms with E-state index >= 15 is 0 Å². The third-order valence-corrected chi connectivity index (χ3v) is 7.29. The van der Waals surface area contributed by atoms with E-state index < -0.39 is 0 Å². The number of carbonyl (C=O) groups is 2. The molecule has 0 spiro atoms. The quantitative estimate of drug-likeness (QED) is 0.498. The number of hydrogen-bond acceptors (Lipinski definition) is 8. The fourth-order valence-electron chi connectivity index (χ4n) is 4.01. The monoisotopic (exact) mass is 560 g/mol. The van der Waals surface area contributed by atoms with Crippen molar-refractivity contribution in [2.24, 2.45) is 0 Å². The second kappa shape index (κ2) is 16.2. The maximum Gasteiger partial charge on any atom is 0.410 e. The predicted molar refractivity (Wildman–Crippen MR) is 152 cm³/mol. The SMILES string of the molecule is CSC(=S)OC1CCN(C(=O)OCc2ccccc2)CC1.O=C(OCc1ccccc1)N1CCC(O)CC1. The van der Waals surface area contributed by atoms with E-state index in [0.29, 0.717) is 56.6 Å². The summed E-state index contributed by atoms with van der Waals surface area (Å²) in [5.41, 5.74) is 1.98. The Kier molecular flexibility index (Phi) is 12.7. The van der Waals surface area contributed by atoms with E-state index in [-0.39, 0.29) is 24.4 Å². The fourth-order valence-corrected chi connectivity index (χ4v) is 4.38. The summed E-state index contributed by atoms with van der Waals surface area (Å²) in [6.45, 7) is 3.07. The van der Waals surface area contributed by atoms with Crippen LogP contribution in [0.15, 0.2) is 60.7 Å². The van der Waals surface area contributed by atoms with Gasteiger partial charge in [-0.05, 0) is 42.4 Å². The normalized spacial score (nSPS) is 16.2. The predicted octanol–water partition coefficient (Wildman–Crippen LogP) is 5.23. The lowest BCUT2D eigenvalue weighted by molar-refractivity contribution is 0.0559. The van der Waals surface area contributed by atoms with Crippen LogP contribution in [-0.4, -0.2) is 76.1 Å². The lowest BCUT2D eigenvalue weighted by Crippen LogP contribution is -2.41. The minimum Gasteiger partial charge on any atom is -0.475 e. The zero-order valence-corrected chi connectivity index (χ0v) is 23.3. The van der Waals surface area contributed by atoms with Crippen molar-refractivity contribution >= 4 is 40.5 Å². The zero-order valence-electron chi connectivity index (χ0n) is 21.7. The van der Waals surface area contributed by atoms with Gasteiger partial charge in [-0.1, -0.05) is 72.4 Å². The van der Waals surface area contributed by atoms with E-state index in [1.165, 1.54) is 11.8 Å². The maximum absolute atomic E-state index is 12.0. The molecule has 1 N–H and O–H groups in total. The van der Waals surface area contributed by atoms with E-state index in [4.69, 9.17) is 26.4 Å². The molecule has 0 saturated carbocycles. The number of aliphatic hydroxyl groups excluding tert-OH is 1. The molecule has 0 atom stereocenters. The Bertz CT molecular complexity index is 995. The Hall–Kier alpha value is -2.82. The highest BCUT2D eigenvalue weighted by molar-refractivity contribution is 8.22. The highest BCUT2D eigenvalue weighted by atomic mass is 32.2. The first-order valence-electron chi connectivity index (χ1n) is 12.8. The van der Waals surface area contributed by atoms with Crippen molar-refractivity contribution in [3.05, 3.63) is 71.8 Å². The molecule has 38 heavy (non-hydrogen) atoms. The number of nitrogens with zero attached hydrogens (tertiary/aromatic N) is 2. The number of rotatable bonds is 5. The maximum atomic E-state index is 12.0. The van der Waals surface area contributed by atoms with Gasteiger partial charge in [0.2, 0.25) is 4.38 Å². The minimum atomic E-state index is -0.291. The standard InChI is InChI=1S/C15H19NO3S2.C13H17NO3/c1-21-15(20)19-13-7-9-16(10-8-13)14(17)18-11-12-5-3-2-4-6-12;15-12-6-8-14(9-7-12)13(16)17-10-11-4-2-1-3-5-11/h2-6,13H,7-11H2,1H3;1-5,12,15H,6-10H2. The van der Waals surface area contributed by atoms with Gasteiger partial charge in [0.05, 0.1) is 6.10 Å². The molecular formula is C28H36N2O6S2. The number of likely N-dealkylation sites (tertiary alicyclic amines) is 2. The van der Waals surface area contributed by atoms with Crippen LogP contribution in [-0.2, 0) is 27.4 Å². The minimum absolute atomic E-state index is 0.114. The van der Waals surface area contributed by atoms with Crippen LogP contribution in [0, 0.1) is 0 Å². The van der Waals surface area contributed by atoms with Gasteiger partial charge in [-0.3, -0.25) is 0 Å². The third-order valence-electron chi connectivity index (χ3n) is 6.26. The molecule has 0 aromatic heterocycles. The molecule has 2 amide bonds. The van der Waals surface area contributed by atoms with Gasteiger partial charge in [0.15, 0.2) is 0 Å². The highest BCUT2D eigenvalue weighted by Crippen LogP contribution is 2.18. The van der Waals surface area contributed by atoms with E-state index in [9.17, 15) is 14.7 Å². The number of amides is 2. The lowest BCUT2D eigenvalue weighted by atomic mass is 10.1. The molecular weight excluding hydrogens is 524 g/mol. The van der Waals surface area contributed by atoms with E-state index in [1.54, 1.807) is 9.80 Å². The van der Waals surface area contributed by atoms with Crippen LogP contribution in [0.1, 0.15) is 36.8 Å². The molecule has 2 saturated heterocycles. The van der Waals surface area contributed by atoms with Crippen LogP contribution in [0.5, 0.6) is 0 Å². The topological polar surface area (TPSA) is 88.5 Å². The van der Waals surface area contributed by atoms with Gasteiger partial charge < -0.3 is 29.1 Å². The van der Waals surface area contributed by atoms with Crippen LogP contribution >= 0.6 is 24.0 Å². The van der Waals surface area contributed by atoms with Gasteiger partial charge in [0.25, 0.3) is 0 Å². The van der Waals surface area contributed by atoms with Crippen LogP contribution in [0.2, 0.25) is 0 Å². The fraction of sp³-hybridized carbons (Fsp3) is 0.464. The molecule has 4 rings (SSSR count). The third kappa shape index (κ3) is 10.5. The summed E-state index contributed by atoms with van der Waals surface area (Å²) in [6, 6.07) is 19.3. The zero-order chi connectivity index (χ0) is 27.2. The number of piperidine rings is 2. The molecule has 0 radical (unpaired) electrons. The first-order chi connectivity index (χ1) is 18.4. The Morgan fingerprint density at radius 2 is 1.24 bits per heavy atom.